The van der Waals surface area contributed by atoms with E-state index in [9.17, 15) is 8.42 Å². The second-order valence-corrected chi connectivity index (χ2v) is 6.80. The zero-order valence-corrected chi connectivity index (χ0v) is 12.6. The number of hydrogen-bond acceptors (Lipinski definition) is 4. The van der Waals surface area contributed by atoms with Crippen LogP contribution in [-0.4, -0.2) is 43.4 Å². The lowest BCUT2D eigenvalue weighted by atomic mass is 10.1. The van der Waals surface area contributed by atoms with Gasteiger partial charge in [0.05, 0.1) is 5.69 Å². The number of fused-ring (bicyclic) bond motifs is 1. The summed E-state index contributed by atoms with van der Waals surface area (Å²) in [5.74, 6) is 0. The number of rotatable bonds is 3. The van der Waals surface area contributed by atoms with Gasteiger partial charge in [-0.05, 0) is 19.1 Å². The highest BCUT2D eigenvalue weighted by atomic mass is 32.2. The first-order valence-electron chi connectivity index (χ1n) is 6.91. The standard InChI is InChI=1S/C14H18N4O2S/c1-11-9-16-7-8-18(11)21(19,20)17-14-4-2-3-12-10-15-6-5-13(12)14/h2-6,10-11,16-17H,7-9H2,1H3. The Kier molecular flexibility index (Phi) is 3.79. The van der Waals surface area contributed by atoms with Crippen LogP contribution >= 0.6 is 0 Å². The fourth-order valence-electron chi connectivity index (χ4n) is 2.59. The van der Waals surface area contributed by atoms with Gasteiger partial charge in [0.2, 0.25) is 0 Å². The Morgan fingerprint density at radius 2 is 2.24 bits per heavy atom. The maximum Gasteiger partial charge on any atom is 0.301 e. The Morgan fingerprint density at radius 3 is 3.05 bits per heavy atom. The summed E-state index contributed by atoms with van der Waals surface area (Å²) in [7, 11) is -3.55. The topological polar surface area (TPSA) is 74.3 Å². The summed E-state index contributed by atoms with van der Waals surface area (Å²) in [4.78, 5) is 4.06. The van der Waals surface area contributed by atoms with Crippen LogP contribution in [0.1, 0.15) is 6.92 Å². The zero-order chi connectivity index (χ0) is 14.9. The van der Waals surface area contributed by atoms with Gasteiger partial charge in [-0.3, -0.25) is 9.71 Å². The van der Waals surface area contributed by atoms with Crippen LogP contribution in [0.5, 0.6) is 0 Å². The van der Waals surface area contributed by atoms with Crippen molar-refractivity contribution in [2.24, 2.45) is 0 Å². The molecule has 2 aromatic rings. The fourth-order valence-corrected chi connectivity index (χ4v) is 4.04. The smallest absolute Gasteiger partial charge is 0.301 e. The molecule has 0 aliphatic carbocycles. The molecule has 1 aromatic heterocycles. The van der Waals surface area contributed by atoms with Gasteiger partial charge in [0.15, 0.2) is 0 Å². The van der Waals surface area contributed by atoms with Crippen LogP contribution in [0.2, 0.25) is 0 Å². The number of benzene rings is 1. The number of aromatic nitrogens is 1. The maximum atomic E-state index is 12.6. The van der Waals surface area contributed by atoms with E-state index in [1.165, 1.54) is 4.31 Å². The SMILES string of the molecule is CC1CNCCN1S(=O)(=O)Nc1cccc2cnccc12. The molecule has 2 N–H and O–H groups in total. The van der Waals surface area contributed by atoms with Gasteiger partial charge in [-0.15, -0.1) is 0 Å². The number of hydrogen-bond donors (Lipinski definition) is 2. The van der Waals surface area contributed by atoms with Gasteiger partial charge in [-0.1, -0.05) is 12.1 Å². The van der Waals surface area contributed by atoms with E-state index in [0.29, 0.717) is 25.3 Å². The molecule has 0 amide bonds. The van der Waals surface area contributed by atoms with Crippen LogP contribution in [0.25, 0.3) is 10.8 Å². The molecule has 0 saturated carbocycles. The fraction of sp³-hybridized carbons (Fsp3) is 0.357. The minimum atomic E-state index is -3.55. The lowest BCUT2D eigenvalue weighted by Gasteiger charge is -2.33. The van der Waals surface area contributed by atoms with Crippen molar-refractivity contribution in [1.29, 1.82) is 0 Å². The predicted octanol–water partition coefficient (Wildman–Crippen LogP) is 1.19. The molecule has 1 saturated heterocycles. The monoisotopic (exact) mass is 306 g/mol. The van der Waals surface area contributed by atoms with Crippen molar-refractivity contribution in [3.8, 4) is 0 Å². The lowest BCUT2D eigenvalue weighted by Crippen LogP contribution is -2.53. The first kappa shape index (κ1) is 14.2. The molecule has 7 heteroatoms. The summed E-state index contributed by atoms with van der Waals surface area (Å²) < 4.78 is 29.4. The Bertz CT molecular complexity index is 742. The molecule has 1 fully saturated rings. The van der Waals surface area contributed by atoms with Crippen LogP contribution in [0.3, 0.4) is 0 Å². The van der Waals surface area contributed by atoms with Crippen molar-refractivity contribution in [3.63, 3.8) is 0 Å². The summed E-state index contributed by atoms with van der Waals surface area (Å²) in [5, 5.41) is 4.94. The molecule has 1 aliphatic rings. The molecule has 1 atom stereocenters. The van der Waals surface area contributed by atoms with Gasteiger partial charge in [0.1, 0.15) is 0 Å². The van der Waals surface area contributed by atoms with E-state index >= 15 is 0 Å². The molecule has 21 heavy (non-hydrogen) atoms. The van der Waals surface area contributed by atoms with E-state index in [2.05, 4.69) is 15.0 Å². The Hall–Kier alpha value is -1.70. The van der Waals surface area contributed by atoms with E-state index in [1.54, 1.807) is 18.5 Å². The van der Waals surface area contributed by atoms with Gasteiger partial charge in [0.25, 0.3) is 0 Å². The lowest BCUT2D eigenvalue weighted by molar-refractivity contribution is 0.285. The molecule has 1 aliphatic heterocycles. The van der Waals surface area contributed by atoms with Gasteiger partial charge in [-0.25, -0.2) is 0 Å². The number of nitrogens with one attached hydrogen (secondary N) is 2. The summed E-state index contributed by atoms with van der Waals surface area (Å²) in [6.45, 7) is 3.71. The van der Waals surface area contributed by atoms with E-state index in [-0.39, 0.29) is 6.04 Å². The second-order valence-electron chi connectivity index (χ2n) is 5.17. The molecule has 2 heterocycles. The third-order valence-electron chi connectivity index (χ3n) is 3.67. The highest BCUT2D eigenvalue weighted by molar-refractivity contribution is 7.90. The molecule has 0 radical (unpaired) electrons. The molecule has 112 valence electrons. The summed E-state index contributed by atoms with van der Waals surface area (Å²) in [6, 6.07) is 7.26. The molecule has 0 bridgehead atoms. The summed E-state index contributed by atoms with van der Waals surface area (Å²) >= 11 is 0. The molecule has 3 rings (SSSR count). The van der Waals surface area contributed by atoms with Crippen LogP contribution in [0, 0.1) is 0 Å². The Balaban J connectivity index is 1.94. The quantitative estimate of drug-likeness (QED) is 0.893. The minimum absolute atomic E-state index is 0.0621. The third kappa shape index (κ3) is 2.85. The molecular formula is C14H18N4O2S. The van der Waals surface area contributed by atoms with E-state index in [1.807, 2.05) is 25.1 Å². The van der Waals surface area contributed by atoms with Crippen molar-refractivity contribution in [2.75, 3.05) is 24.4 Å². The predicted molar refractivity (Wildman–Crippen MR) is 83.3 cm³/mol. The van der Waals surface area contributed by atoms with Crippen molar-refractivity contribution in [3.05, 3.63) is 36.7 Å². The average molecular weight is 306 g/mol. The number of anilines is 1. The van der Waals surface area contributed by atoms with Crippen LogP contribution in [0.15, 0.2) is 36.7 Å². The van der Waals surface area contributed by atoms with Crippen molar-refractivity contribution >= 4 is 26.7 Å². The zero-order valence-electron chi connectivity index (χ0n) is 11.8. The normalized spacial score (nSPS) is 20.5. The van der Waals surface area contributed by atoms with Gasteiger partial charge in [0, 0.05) is 48.8 Å². The Labute approximate surface area is 124 Å². The Morgan fingerprint density at radius 1 is 1.38 bits per heavy atom. The maximum absolute atomic E-state index is 12.6. The third-order valence-corrected chi connectivity index (χ3v) is 5.31. The first-order valence-corrected chi connectivity index (χ1v) is 8.35. The largest absolute Gasteiger partial charge is 0.314 e. The van der Waals surface area contributed by atoms with Crippen molar-refractivity contribution in [2.45, 2.75) is 13.0 Å². The van der Waals surface area contributed by atoms with Crippen LogP contribution in [-0.2, 0) is 10.2 Å². The highest BCUT2D eigenvalue weighted by Gasteiger charge is 2.29. The molecule has 6 nitrogen and oxygen atoms in total. The van der Waals surface area contributed by atoms with Crippen LogP contribution in [0.4, 0.5) is 5.69 Å². The molecular weight excluding hydrogens is 288 g/mol. The van der Waals surface area contributed by atoms with Gasteiger partial charge >= 0.3 is 10.2 Å². The van der Waals surface area contributed by atoms with Crippen LogP contribution < -0.4 is 10.0 Å². The van der Waals surface area contributed by atoms with Crippen molar-refractivity contribution in [1.82, 2.24) is 14.6 Å². The second kappa shape index (κ2) is 5.59. The first-order chi connectivity index (χ1) is 10.1. The number of piperazine rings is 1. The average Bonchev–Trinajstić information content (AvgIpc) is 2.47. The summed E-state index contributed by atoms with van der Waals surface area (Å²) in [6.07, 6.45) is 3.38. The highest BCUT2D eigenvalue weighted by Crippen LogP contribution is 2.24. The molecule has 1 unspecified atom stereocenters. The van der Waals surface area contributed by atoms with Gasteiger partial charge in [-0.2, -0.15) is 12.7 Å². The summed E-state index contributed by atoms with van der Waals surface area (Å²) in [5.41, 5.74) is 0.584. The molecule has 0 spiro atoms. The number of pyridine rings is 1. The van der Waals surface area contributed by atoms with Gasteiger partial charge < -0.3 is 5.32 Å². The van der Waals surface area contributed by atoms with E-state index in [0.717, 1.165) is 10.8 Å². The number of nitrogens with zero attached hydrogens (tertiary/aromatic N) is 2. The van der Waals surface area contributed by atoms with Crippen molar-refractivity contribution < 1.29 is 8.42 Å². The van der Waals surface area contributed by atoms with E-state index < -0.39 is 10.2 Å². The minimum Gasteiger partial charge on any atom is -0.314 e. The van der Waals surface area contributed by atoms with E-state index in [4.69, 9.17) is 0 Å². The molecule has 1 aromatic carbocycles.